The van der Waals surface area contributed by atoms with E-state index in [2.05, 4.69) is 41.3 Å². The van der Waals surface area contributed by atoms with E-state index in [1.807, 2.05) is 0 Å². The molecule has 2 saturated carbocycles. The molecular weight excluding hydrogens is 326 g/mol. The van der Waals surface area contributed by atoms with Gasteiger partial charge in [0.1, 0.15) is 5.75 Å². The van der Waals surface area contributed by atoms with Gasteiger partial charge < -0.3 is 9.47 Å². The molecular formula is C22H25NO3. The number of carbonyl (C=O) groups excluding carboxylic acids is 1. The summed E-state index contributed by atoms with van der Waals surface area (Å²) in [6, 6.07) is 13.0. The average Bonchev–Trinajstić information content (AvgIpc) is 3.23. The first-order chi connectivity index (χ1) is 12.7. The summed E-state index contributed by atoms with van der Waals surface area (Å²) in [6.07, 6.45) is 4.33. The SMILES string of the molecule is COC(=O)C1CN(Cc2ccc3cc(O[C@@H]4C[C@@H]5C[C@@H]5C4)ccc3c2)C1. The van der Waals surface area contributed by atoms with Crippen LogP contribution in [-0.2, 0) is 16.1 Å². The van der Waals surface area contributed by atoms with Crippen LogP contribution in [0.4, 0.5) is 0 Å². The first-order valence-corrected chi connectivity index (χ1v) is 9.67. The van der Waals surface area contributed by atoms with Crippen LogP contribution in [0.2, 0.25) is 0 Å². The van der Waals surface area contributed by atoms with Crippen LogP contribution in [0.3, 0.4) is 0 Å². The van der Waals surface area contributed by atoms with Gasteiger partial charge in [-0.3, -0.25) is 9.69 Å². The van der Waals surface area contributed by atoms with Crippen LogP contribution in [0.25, 0.3) is 10.8 Å². The van der Waals surface area contributed by atoms with Gasteiger partial charge in [0, 0.05) is 19.6 Å². The Labute approximate surface area is 154 Å². The van der Waals surface area contributed by atoms with Gasteiger partial charge in [0.05, 0.1) is 19.1 Å². The van der Waals surface area contributed by atoms with Gasteiger partial charge in [0.25, 0.3) is 0 Å². The second-order valence-electron chi connectivity index (χ2n) is 8.22. The second-order valence-corrected chi connectivity index (χ2v) is 8.22. The second kappa shape index (κ2) is 6.27. The number of benzene rings is 2. The van der Waals surface area contributed by atoms with Crippen molar-refractivity contribution < 1.29 is 14.3 Å². The zero-order valence-corrected chi connectivity index (χ0v) is 15.2. The maximum Gasteiger partial charge on any atom is 0.311 e. The van der Waals surface area contributed by atoms with Gasteiger partial charge in [-0.2, -0.15) is 0 Å². The van der Waals surface area contributed by atoms with Crippen molar-refractivity contribution in [2.24, 2.45) is 17.8 Å². The third-order valence-electron chi connectivity index (χ3n) is 6.28. The van der Waals surface area contributed by atoms with Crippen molar-refractivity contribution in [2.45, 2.75) is 31.9 Å². The molecule has 136 valence electrons. The fourth-order valence-electron chi connectivity index (χ4n) is 4.67. The number of hydrogen-bond donors (Lipinski definition) is 0. The molecule has 0 N–H and O–H groups in total. The number of carbonyl (C=O) groups is 1. The first-order valence-electron chi connectivity index (χ1n) is 9.67. The number of fused-ring (bicyclic) bond motifs is 2. The molecule has 4 nitrogen and oxygen atoms in total. The van der Waals surface area contributed by atoms with Gasteiger partial charge in [0.2, 0.25) is 0 Å². The van der Waals surface area contributed by atoms with E-state index < -0.39 is 0 Å². The lowest BCUT2D eigenvalue weighted by molar-refractivity contribution is -0.151. The highest BCUT2D eigenvalue weighted by Crippen LogP contribution is 2.52. The molecule has 2 aliphatic carbocycles. The summed E-state index contributed by atoms with van der Waals surface area (Å²) in [5.74, 6) is 2.85. The highest BCUT2D eigenvalue weighted by Gasteiger charge is 2.46. The van der Waals surface area contributed by atoms with E-state index in [0.29, 0.717) is 6.10 Å². The van der Waals surface area contributed by atoms with Crippen molar-refractivity contribution in [3.05, 3.63) is 42.0 Å². The molecule has 1 heterocycles. The lowest BCUT2D eigenvalue weighted by Crippen LogP contribution is -2.49. The molecule has 1 saturated heterocycles. The Bertz CT molecular complexity index is 832. The molecule has 4 heteroatoms. The quantitative estimate of drug-likeness (QED) is 0.771. The third kappa shape index (κ3) is 3.07. The molecule has 0 aromatic heterocycles. The van der Waals surface area contributed by atoms with Crippen molar-refractivity contribution >= 4 is 16.7 Å². The maximum absolute atomic E-state index is 11.5. The third-order valence-corrected chi connectivity index (χ3v) is 6.28. The Kier molecular flexibility index (Phi) is 3.89. The highest BCUT2D eigenvalue weighted by molar-refractivity contribution is 5.84. The van der Waals surface area contributed by atoms with Crippen LogP contribution in [0.15, 0.2) is 36.4 Å². The summed E-state index contributed by atoms with van der Waals surface area (Å²) in [6.45, 7) is 2.47. The van der Waals surface area contributed by atoms with Crippen molar-refractivity contribution in [1.82, 2.24) is 4.90 Å². The molecule has 0 spiro atoms. The normalized spacial score (nSPS) is 27.8. The molecule has 3 fully saturated rings. The van der Waals surface area contributed by atoms with Gasteiger partial charge in [-0.1, -0.05) is 18.2 Å². The summed E-state index contributed by atoms with van der Waals surface area (Å²) < 4.78 is 11.0. The number of esters is 1. The molecule has 2 aromatic rings. The summed E-state index contributed by atoms with van der Waals surface area (Å²) >= 11 is 0. The topological polar surface area (TPSA) is 38.8 Å². The Balaban J connectivity index is 1.22. The summed E-state index contributed by atoms with van der Waals surface area (Å²) in [7, 11) is 1.46. The predicted octanol–water partition coefficient (Wildman–Crippen LogP) is 3.62. The minimum atomic E-state index is -0.0909. The Morgan fingerprint density at radius 1 is 1.04 bits per heavy atom. The van der Waals surface area contributed by atoms with Crippen LogP contribution < -0.4 is 4.74 Å². The molecule has 0 radical (unpaired) electrons. The zero-order chi connectivity index (χ0) is 17.7. The van der Waals surface area contributed by atoms with Crippen LogP contribution in [0.1, 0.15) is 24.8 Å². The van der Waals surface area contributed by atoms with Crippen molar-refractivity contribution in [1.29, 1.82) is 0 Å². The van der Waals surface area contributed by atoms with E-state index in [9.17, 15) is 4.79 Å². The largest absolute Gasteiger partial charge is 0.490 e. The highest BCUT2D eigenvalue weighted by atomic mass is 16.5. The lowest BCUT2D eigenvalue weighted by atomic mass is 9.99. The van der Waals surface area contributed by atoms with Crippen LogP contribution in [0, 0.1) is 17.8 Å². The molecule has 5 rings (SSSR count). The molecule has 0 unspecified atom stereocenters. The number of methoxy groups -OCH3 is 1. The molecule has 1 aliphatic heterocycles. The Hall–Kier alpha value is -2.07. The first kappa shape index (κ1) is 16.1. The number of rotatable bonds is 5. The fourth-order valence-corrected chi connectivity index (χ4v) is 4.67. The van der Waals surface area contributed by atoms with Crippen LogP contribution >= 0.6 is 0 Å². The van der Waals surface area contributed by atoms with Crippen LogP contribution in [0.5, 0.6) is 5.75 Å². The molecule has 2 aromatic carbocycles. The van der Waals surface area contributed by atoms with E-state index in [1.165, 1.54) is 42.7 Å². The van der Waals surface area contributed by atoms with Gasteiger partial charge >= 0.3 is 5.97 Å². The van der Waals surface area contributed by atoms with Crippen molar-refractivity contribution in [2.75, 3.05) is 20.2 Å². The van der Waals surface area contributed by atoms with Gasteiger partial charge in [-0.25, -0.2) is 0 Å². The molecule has 0 bridgehead atoms. The van der Waals surface area contributed by atoms with E-state index in [0.717, 1.165) is 37.2 Å². The van der Waals surface area contributed by atoms with E-state index in [-0.39, 0.29) is 11.9 Å². The standard InChI is InChI=1S/C22H25NO3/c1-25-22(24)19-12-23(13-19)11-14-2-3-16-8-20(5-4-15(16)6-14)26-21-9-17-7-18(17)10-21/h2-6,8,17-19,21H,7,9-13H2,1H3/t17-,18+,21+. The molecule has 26 heavy (non-hydrogen) atoms. The number of likely N-dealkylation sites (tertiary alicyclic amines) is 1. The van der Waals surface area contributed by atoms with E-state index >= 15 is 0 Å². The number of hydrogen-bond acceptors (Lipinski definition) is 4. The monoisotopic (exact) mass is 351 g/mol. The summed E-state index contributed by atoms with van der Waals surface area (Å²) in [4.78, 5) is 13.8. The van der Waals surface area contributed by atoms with Crippen molar-refractivity contribution in [3.63, 3.8) is 0 Å². The van der Waals surface area contributed by atoms with E-state index in [4.69, 9.17) is 9.47 Å². The van der Waals surface area contributed by atoms with Crippen LogP contribution in [-0.4, -0.2) is 37.2 Å². The van der Waals surface area contributed by atoms with Gasteiger partial charge in [0.15, 0.2) is 0 Å². The molecule has 0 amide bonds. The lowest BCUT2D eigenvalue weighted by Gasteiger charge is -2.37. The number of ether oxygens (including phenoxy) is 2. The predicted molar refractivity (Wildman–Crippen MR) is 100.0 cm³/mol. The smallest absolute Gasteiger partial charge is 0.311 e. The summed E-state index contributed by atoms with van der Waals surface area (Å²) in [5, 5.41) is 2.47. The number of nitrogens with zero attached hydrogens (tertiary/aromatic N) is 1. The Morgan fingerprint density at radius 3 is 2.54 bits per heavy atom. The minimum absolute atomic E-state index is 0.0433. The van der Waals surface area contributed by atoms with Crippen molar-refractivity contribution in [3.8, 4) is 5.75 Å². The average molecular weight is 351 g/mol. The zero-order valence-electron chi connectivity index (χ0n) is 15.2. The van der Waals surface area contributed by atoms with E-state index in [1.54, 1.807) is 0 Å². The maximum atomic E-state index is 11.5. The fraction of sp³-hybridized carbons (Fsp3) is 0.500. The molecule has 3 aliphatic rings. The van der Waals surface area contributed by atoms with Gasteiger partial charge in [-0.15, -0.1) is 0 Å². The Morgan fingerprint density at radius 2 is 1.77 bits per heavy atom. The minimum Gasteiger partial charge on any atom is -0.490 e. The molecule has 3 atom stereocenters. The summed E-state index contributed by atoms with van der Waals surface area (Å²) in [5.41, 5.74) is 1.28. The van der Waals surface area contributed by atoms with Gasteiger partial charge in [-0.05, 0) is 65.6 Å².